The van der Waals surface area contributed by atoms with Gasteiger partial charge in [-0.05, 0) is 41.7 Å². The summed E-state index contributed by atoms with van der Waals surface area (Å²) in [4.78, 5) is 27.0. The molecule has 9 heteroatoms. The average molecular weight is 404 g/mol. The Balaban J connectivity index is 1.73. The summed E-state index contributed by atoms with van der Waals surface area (Å²) >= 11 is 3.40. The number of carbonyl (C=O) groups is 1. The van der Waals surface area contributed by atoms with E-state index in [1.54, 1.807) is 30.5 Å². The molecule has 2 aromatic heterocycles. The lowest BCUT2D eigenvalue weighted by Crippen LogP contribution is -2.22. The van der Waals surface area contributed by atoms with E-state index in [-0.39, 0.29) is 24.1 Å². The van der Waals surface area contributed by atoms with Crippen molar-refractivity contribution in [1.29, 1.82) is 0 Å². The Kier molecular flexibility index (Phi) is 4.66. The molecule has 0 saturated heterocycles. The minimum absolute atomic E-state index is 0.0540. The summed E-state index contributed by atoms with van der Waals surface area (Å²) in [7, 11) is 0. The van der Waals surface area contributed by atoms with Gasteiger partial charge in [0, 0.05) is 16.2 Å². The highest BCUT2D eigenvalue weighted by atomic mass is 79.9. The molecule has 8 nitrogen and oxygen atoms in total. The van der Waals surface area contributed by atoms with Gasteiger partial charge in [0.2, 0.25) is 17.4 Å². The molecular formula is C16H14BrN5O3. The van der Waals surface area contributed by atoms with Crippen LogP contribution in [0.15, 0.2) is 47.1 Å². The van der Waals surface area contributed by atoms with Crippen molar-refractivity contribution < 1.29 is 9.72 Å². The van der Waals surface area contributed by atoms with E-state index >= 15 is 0 Å². The molecule has 0 saturated carbocycles. The van der Waals surface area contributed by atoms with Crippen LogP contribution in [0.4, 0.5) is 17.3 Å². The number of carbonyl (C=O) groups excluding carboxylic acids is 1. The molecule has 0 bridgehead atoms. The van der Waals surface area contributed by atoms with Crippen LogP contribution < -0.4 is 10.6 Å². The smallest absolute Gasteiger partial charge is 0.358 e. The molecular weight excluding hydrogens is 390 g/mol. The van der Waals surface area contributed by atoms with Crippen LogP contribution in [0.1, 0.15) is 5.56 Å². The molecule has 3 rings (SSSR count). The standard InChI is InChI=1S/C16H14BrN5O3/c1-10-8-11(5-6-12(10)17)19-14(23)9-18-15-16(22(24)25)21-7-3-2-4-13(21)20-15/h2-8,18H,9H2,1H3,(H,19,23). The van der Waals surface area contributed by atoms with Gasteiger partial charge in [0.25, 0.3) is 0 Å². The fourth-order valence-electron chi connectivity index (χ4n) is 2.37. The first kappa shape index (κ1) is 16.9. The summed E-state index contributed by atoms with van der Waals surface area (Å²) in [6.07, 6.45) is 1.55. The van der Waals surface area contributed by atoms with E-state index in [9.17, 15) is 14.9 Å². The molecule has 0 aliphatic carbocycles. The Labute approximate surface area is 151 Å². The predicted octanol–water partition coefficient (Wildman–Crippen LogP) is 3.36. The lowest BCUT2D eigenvalue weighted by molar-refractivity contribution is -0.389. The number of fused-ring (bicyclic) bond motifs is 1. The van der Waals surface area contributed by atoms with Crippen LogP contribution >= 0.6 is 15.9 Å². The number of hydrogen-bond donors (Lipinski definition) is 2. The maximum Gasteiger partial charge on any atom is 0.372 e. The van der Waals surface area contributed by atoms with Crippen molar-refractivity contribution >= 4 is 44.8 Å². The van der Waals surface area contributed by atoms with Gasteiger partial charge in [-0.2, -0.15) is 9.38 Å². The molecule has 0 aliphatic heterocycles. The third-order valence-corrected chi connectivity index (χ3v) is 4.43. The number of hydrogen-bond acceptors (Lipinski definition) is 5. The van der Waals surface area contributed by atoms with Crippen molar-refractivity contribution in [3.05, 3.63) is 62.7 Å². The highest BCUT2D eigenvalue weighted by Gasteiger charge is 2.22. The molecule has 2 N–H and O–H groups in total. The summed E-state index contributed by atoms with van der Waals surface area (Å²) in [6.45, 7) is 1.78. The molecule has 0 spiro atoms. The summed E-state index contributed by atoms with van der Waals surface area (Å²) in [5.74, 6) is -0.478. The zero-order valence-corrected chi connectivity index (χ0v) is 14.8. The number of imidazole rings is 1. The van der Waals surface area contributed by atoms with Crippen molar-refractivity contribution in [1.82, 2.24) is 9.38 Å². The number of amides is 1. The number of anilines is 2. The van der Waals surface area contributed by atoms with Gasteiger partial charge in [0.05, 0.1) is 12.7 Å². The molecule has 2 heterocycles. The second kappa shape index (κ2) is 6.89. The monoisotopic (exact) mass is 403 g/mol. The lowest BCUT2D eigenvalue weighted by atomic mass is 10.2. The highest BCUT2D eigenvalue weighted by molar-refractivity contribution is 9.10. The van der Waals surface area contributed by atoms with Gasteiger partial charge in [-0.25, -0.2) is 0 Å². The van der Waals surface area contributed by atoms with Crippen molar-refractivity contribution in [2.45, 2.75) is 6.92 Å². The number of aromatic nitrogens is 2. The van der Waals surface area contributed by atoms with Crippen LogP contribution in [0.2, 0.25) is 0 Å². The lowest BCUT2D eigenvalue weighted by Gasteiger charge is -2.07. The van der Waals surface area contributed by atoms with E-state index in [1.165, 1.54) is 4.40 Å². The number of rotatable bonds is 5. The molecule has 128 valence electrons. The number of nitrogens with one attached hydrogen (secondary N) is 2. The predicted molar refractivity (Wildman–Crippen MR) is 97.8 cm³/mol. The molecule has 25 heavy (non-hydrogen) atoms. The summed E-state index contributed by atoms with van der Waals surface area (Å²) in [5.41, 5.74) is 2.07. The Hall–Kier alpha value is -2.94. The fourth-order valence-corrected chi connectivity index (χ4v) is 2.61. The Morgan fingerprint density at radius 2 is 2.16 bits per heavy atom. The topological polar surface area (TPSA) is 102 Å². The molecule has 3 aromatic rings. The number of benzene rings is 1. The third kappa shape index (κ3) is 3.61. The number of nitro groups is 1. The first-order chi connectivity index (χ1) is 12.0. The van der Waals surface area contributed by atoms with Crippen LogP contribution in [0, 0.1) is 17.0 Å². The Morgan fingerprint density at radius 1 is 1.36 bits per heavy atom. The molecule has 0 radical (unpaired) electrons. The molecule has 0 fully saturated rings. The molecule has 1 amide bonds. The quantitative estimate of drug-likeness (QED) is 0.502. The van der Waals surface area contributed by atoms with Gasteiger partial charge in [-0.3, -0.25) is 4.79 Å². The van der Waals surface area contributed by atoms with Crippen molar-refractivity contribution in [2.24, 2.45) is 0 Å². The van der Waals surface area contributed by atoms with E-state index in [1.807, 2.05) is 19.1 Å². The van der Waals surface area contributed by atoms with Crippen LogP contribution in [0.5, 0.6) is 0 Å². The number of halogens is 1. The first-order valence-electron chi connectivity index (χ1n) is 7.37. The molecule has 0 unspecified atom stereocenters. The van der Waals surface area contributed by atoms with Gasteiger partial charge < -0.3 is 20.7 Å². The molecule has 0 atom stereocenters. The number of aryl methyl sites for hydroxylation is 1. The van der Waals surface area contributed by atoms with Crippen LogP contribution in [0.25, 0.3) is 5.65 Å². The van der Waals surface area contributed by atoms with Crippen molar-refractivity contribution in [3.63, 3.8) is 0 Å². The van der Waals surface area contributed by atoms with E-state index in [2.05, 4.69) is 31.5 Å². The second-order valence-corrected chi connectivity index (χ2v) is 6.19. The maximum atomic E-state index is 12.1. The van der Waals surface area contributed by atoms with Crippen LogP contribution in [0.3, 0.4) is 0 Å². The van der Waals surface area contributed by atoms with Crippen molar-refractivity contribution in [3.8, 4) is 0 Å². The third-order valence-electron chi connectivity index (χ3n) is 3.54. The van der Waals surface area contributed by atoms with Gasteiger partial charge in [-0.1, -0.05) is 22.0 Å². The van der Waals surface area contributed by atoms with Crippen molar-refractivity contribution in [2.75, 3.05) is 17.2 Å². The Bertz CT molecular complexity index is 970. The average Bonchev–Trinajstić information content (AvgIpc) is 2.95. The van der Waals surface area contributed by atoms with Gasteiger partial charge >= 0.3 is 5.82 Å². The zero-order valence-electron chi connectivity index (χ0n) is 13.2. The summed E-state index contributed by atoms with van der Waals surface area (Å²) in [6, 6.07) is 10.5. The van der Waals surface area contributed by atoms with E-state index < -0.39 is 4.92 Å². The summed E-state index contributed by atoms with van der Waals surface area (Å²) < 4.78 is 2.31. The van der Waals surface area contributed by atoms with Crippen LogP contribution in [-0.4, -0.2) is 26.8 Å². The van der Waals surface area contributed by atoms with Gasteiger partial charge in [0.1, 0.15) is 0 Å². The second-order valence-electron chi connectivity index (χ2n) is 5.34. The maximum absolute atomic E-state index is 12.1. The minimum atomic E-state index is -0.529. The Morgan fingerprint density at radius 3 is 2.88 bits per heavy atom. The van der Waals surface area contributed by atoms with E-state index in [0.717, 1.165) is 10.0 Å². The number of nitrogens with zero attached hydrogens (tertiary/aromatic N) is 3. The highest BCUT2D eigenvalue weighted by Crippen LogP contribution is 2.25. The molecule has 1 aromatic carbocycles. The molecule has 0 aliphatic rings. The van der Waals surface area contributed by atoms with E-state index in [4.69, 9.17) is 0 Å². The normalized spacial score (nSPS) is 10.6. The first-order valence-corrected chi connectivity index (χ1v) is 8.16. The largest absolute Gasteiger partial charge is 0.372 e. The minimum Gasteiger partial charge on any atom is -0.358 e. The fraction of sp³-hybridized carbons (Fsp3) is 0.125. The van der Waals surface area contributed by atoms with Gasteiger partial charge in [-0.15, -0.1) is 0 Å². The zero-order chi connectivity index (χ0) is 18.0. The SMILES string of the molecule is Cc1cc(NC(=O)CNc2nc3ccccn3c2[N+](=O)[O-])ccc1Br. The van der Waals surface area contributed by atoms with E-state index in [0.29, 0.717) is 11.3 Å². The van der Waals surface area contributed by atoms with Crippen LogP contribution in [-0.2, 0) is 4.79 Å². The van der Waals surface area contributed by atoms with Gasteiger partial charge in [0.15, 0.2) is 0 Å². The summed E-state index contributed by atoms with van der Waals surface area (Å²) in [5, 5.41) is 16.8. The number of pyridine rings is 1.